The zero-order valence-electron chi connectivity index (χ0n) is 41.2. The van der Waals surface area contributed by atoms with Crippen molar-refractivity contribution in [2.45, 2.75) is 130 Å². The lowest BCUT2D eigenvalue weighted by molar-refractivity contribution is 0.332. The van der Waals surface area contributed by atoms with Crippen LogP contribution in [0.3, 0.4) is 0 Å². The van der Waals surface area contributed by atoms with E-state index in [9.17, 15) is 0 Å². The molecule has 4 heterocycles. The number of anilines is 2. The molecule has 328 valence electrons. The number of aryl methyl sites for hydroxylation is 1. The minimum absolute atomic E-state index is 0.0142. The average molecular weight is 877 g/mol. The molecule has 2 aliphatic heterocycles. The molecule has 66 heavy (non-hydrogen) atoms. The summed E-state index contributed by atoms with van der Waals surface area (Å²) in [6, 6.07) is 43.8. The highest BCUT2D eigenvalue weighted by Gasteiger charge is 2.51. The van der Waals surface area contributed by atoms with Crippen LogP contribution in [0.25, 0.3) is 69.9 Å². The summed E-state index contributed by atoms with van der Waals surface area (Å²) in [6.45, 7) is 31.5. The second kappa shape index (κ2) is 12.7. The van der Waals surface area contributed by atoms with Gasteiger partial charge in [-0.25, -0.2) is 0 Å². The summed E-state index contributed by atoms with van der Waals surface area (Å²) in [6.07, 6.45) is 2.38. The summed E-state index contributed by atoms with van der Waals surface area (Å²) < 4.78 is 5.45. The van der Waals surface area contributed by atoms with E-state index in [1.165, 1.54) is 144 Å². The first-order chi connectivity index (χ1) is 31.2. The number of nitrogens with zero attached hydrogens (tertiary/aromatic N) is 2. The highest BCUT2D eigenvalue weighted by molar-refractivity contribution is 7.26. The average Bonchev–Trinajstić information content (AvgIpc) is 3.89. The Morgan fingerprint density at radius 2 is 1.24 bits per heavy atom. The van der Waals surface area contributed by atoms with Gasteiger partial charge in [0.1, 0.15) is 0 Å². The third kappa shape index (κ3) is 5.15. The van der Waals surface area contributed by atoms with E-state index < -0.39 is 0 Å². The number of thiophene rings is 1. The monoisotopic (exact) mass is 876 g/mol. The van der Waals surface area contributed by atoms with Gasteiger partial charge in [0.05, 0.1) is 11.0 Å². The van der Waals surface area contributed by atoms with E-state index in [2.05, 4.69) is 209 Å². The predicted octanol–water partition coefficient (Wildman–Crippen LogP) is 15.9. The normalized spacial score (nSPS) is 17.3. The van der Waals surface area contributed by atoms with Crippen molar-refractivity contribution in [1.29, 1.82) is 0 Å². The first kappa shape index (κ1) is 40.7. The zero-order chi connectivity index (χ0) is 45.9. The number of hydrogen-bond donors (Lipinski definition) is 0. The van der Waals surface area contributed by atoms with Crippen LogP contribution in [0.5, 0.6) is 0 Å². The Kier molecular flexibility index (Phi) is 7.82. The van der Waals surface area contributed by atoms with Crippen LogP contribution in [0.15, 0.2) is 109 Å². The van der Waals surface area contributed by atoms with Gasteiger partial charge in [-0.05, 0) is 150 Å². The number of hydrogen-bond acceptors (Lipinski definition) is 2. The predicted molar refractivity (Wildman–Crippen MR) is 288 cm³/mol. The highest BCUT2D eigenvalue weighted by Crippen LogP contribution is 2.59. The maximum Gasteiger partial charge on any atom is 0.333 e. The number of aromatic nitrogens is 1. The molecule has 0 saturated carbocycles. The van der Waals surface area contributed by atoms with Gasteiger partial charge in [0.25, 0.3) is 0 Å². The first-order valence-electron chi connectivity index (χ1n) is 24.5. The van der Waals surface area contributed by atoms with Crippen molar-refractivity contribution in [2.24, 2.45) is 0 Å². The van der Waals surface area contributed by atoms with Crippen LogP contribution in [0.1, 0.15) is 135 Å². The molecule has 0 spiro atoms. The minimum atomic E-state index is -0.223. The molecule has 2 aliphatic carbocycles. The lowest BCUT2D eigenvalue weighted by Crippen LogP contribution is -2.61. The van der Waals surface area contributed by atoms with E-state index >= 15 is 0 Å². The van der Waals surface area contributed by atoms with Gasteiger partial charge in [-0.2, -0.15) is 0 Å². The smallest absolute Gasteiger partial charge is 0.333 e. The third-order valence-corrected chi connectivity index (χ3v) is 18.2. The van der Waals surface area contributed by atoms with Gasteiger partial charge in [0.15, 0.2) is 0 Å². The largest absolute Gasteiger partial charge is 0.376 e. The maximum atomic E-state index is 2.85. The topological polar surface area (TPSA) is 8.17 Å². The molecule has 0 amide bonds. The van der Waals surface area contributed by atoms with E-state index in [1.807, 2.05) is 11.3 Å². The fraction of sp³-hybridized carbons (Fsp3) is 0.323. The Labute approximate surface area is 395 Å². The SMILES string of the molecule is Cc1cc2c(cc1N1B3c4c(cc5c(c4-c4c1ccc1c4sc4ccccc41)C(C)(C)c1ccccc1-5)-n1c4ccc(C(C)(C)C)cc4c4cc(C(C)(C)C)cc3c41)C(C)(C)CCC2(C)C. The molecule has 0 N–H and O–H groups in total. The van der Waals surface area contributed by atoms with Crippen molar-refractivity contribution in [1.82, 2.24) is 4.57 Å². The molecule has 13 rings (SSSR count). The molecule has 2 aromatic heterocycles. The van der Waals surface area contributed by atoms with Crippen LogP contribution in [-0.2, 0) is 27.1 Å². The summed E-state index contributed by atoms with van der Waals surface area (Å²) in [5, 5.41) is 5.41. The van der Waals surface area contributed by atoms with Crippen LogP contribution in [0.4, 0.5) is 11.4 Å². The molecular weight excluding hydrogens is 816 g/mol. The Morgan fingerprint density at radius 3 is 1.98 bits per heavy atom. The minimum Gasteiger partial charge on any atom is -0.376 e. The van der Waals surface area contributed by atoms with E-state index in [-0.39, 0.29) is 33.9 Å². The lowest BCUT2D eigenvalue weighted by Gasteiger charge is -2.46. The first-order valence-corrected chi connectivity index (χ1v) is 25.3. The number of benzene rings is 7. The molecule has 9 aromatic rings. The van der Waals surface area contributed by atoms with Crippen molar-refractivity contribution in [3.8, 4) is 27.9 Å². The fourth-order valence-corrected chi connectivity index (χ4v) is 14.5. The molecule has 4 aliphatic rings. The Bertz CT molecular complexity index is 3670. The van der Waals surface area contributed by atoms with Crippen LogP contribution in [0, 0.1) is 6.92 Å². The molecule has 0 unspecified atom stereocenters. The van der Waals surface area contributed by atoms with Crippen LogP contribution < -0.4 is 15.7 Å². The second-order valence-electron chi connectivity index (χ2n) is 24.5. The Hall–Kier alpha value is -5.58. The number of fused-ring (bicyclic) bond motifs is 16. The molecule has 4 heteroatoms. The van der Waals surface area contributed by atoms with Gasteiger partial charge in [-0.15, -0.1) is 11.3 Å². The lowest BCUT2D eigenvalue weighted by atomic mass is 9.43. The molecule has 2 nitrogen and oxygen atoms in total. The summed E-state index contributed by atoms with van der Waals surface area (Å²) in [7, 11) is 0. The molecule has 0 saturated heterocycles. The quantitative estimate of drug-likeness (QED) is 0.149. The van der Waals surface area contributed by atoms with E-state index in [1.54, 1.807) is 0 Å². The van der Waals surface area contributed by atoms with Crippen molar-refractivity contribution in [2.75, 3.05) is 4.81 Å². The fourth-order valence-electron chi connectivity index (χ4n) is 13.2. The van der Waals surface area contributed by atoms with Crippen molar-refractivity contribution in [3.63, 3.8) is 0 Å². The second-order valence-corrected chi connectivity index (χ2v) is 25.5. The van der Waals surface area contributed by atoms with E-state index in [0.717, 1.165) is 0 Å². The third-order valence-electron chi connectivity index (χ3n) is 17.0. The number of rotatable bonds is 1. The summed E-state index contributed by atoms with van der Waals surface area (Å²) in [5.41, 5.74) is 25.0. The molecule has 0 radical (unpaired) electrons. The maximum absolute atomic E-state index is 2.85. The molecule has 0 atom stereocenters. The van der Waals surface area contributed by atoms with Gasteiger partial charge in [0, 0.05) is 59.0 Å². The van der Waals surface area contributed by atoms with Crippen molar-refractivity contribution in [3.05, 3.63) is 148 Å². The van der Waals surface area contributed by atoms with Gasteiger partial charge in [-0.1, -0.05) is 150 Å². The molecule has 7 aromatic carbocycles. The van der Waals surface area contributed by atoms with Gasteiger partial charge < -0.3 is 9.38 Å². The molecular formula is C62H61BN2S. The van der Waals surface area contributed by atoms with E-state index in [0.29, 0.717) is 0 Å². The zero-order valence-corrected chi connectivity index (χ0v) is 42.0. The van der Waals surface area contributed by atoms with Crippen molar-refractivity contribution < 1.29 is 0 Å². The Morgan fingerprint density at radius 1 is 0.561 bits per heavy atom. The molecule has 0 bridgehead atoms. The summed E-state index contributed by atoms with van der Waals surface area (Å²) in [5.74, 6) is 0. The van der Waals surface area contributed by atoms with Crippen LogP contribution in [0.2, 0.25) is 0 Å². The summed E-state index contributed by atoms with van der Waals surface area (Å²) >= 11 is 1.99. The van der Waals surface area contributed by atoms with Crippen molar-refractivity contribution >= 4 is 82.5 Å². The Balaban J connectivity index is 1.27. The van der Waals surface area contributed by atoms with Crippen LogP contribution >= 0.6 is 11.3 Å². The van der Waals surface area contributed by atoms with Gasteiger partial charge >= 0.3 is 6.85 Å². The van der Waals surface area contributed by atoms with Gasteiger partial charge in [0.2, 0.25) is 0 Å². The molecule has 0 fully saturated rings. The van der Waals surface area contributed by atoms with Gasteiger partial charge in [-0.3, -0.25) is 0 Å². The standard InChI is InChI=1S/C62H61BN2S/c1-34-28-44-45(61(10,11)27-26-60(44,8)9)33-49(34)65-48-25-23-39-38-19-15-17-21-51(38)66-57(39)52(48)53-54-41(37-18-14-16-20-43(37)62(54,12)13)32-50-55(53)63(65)46-31-36(59(5,6)7)30-42-40-29-35(58(2,3)4)22-24-47(40)64(50)56(42)46/h14-25,28-33H,26-27H2,1-13H3. The van der Waals surface area contributed by atoms with Crippen LogP contribution in [-0.4, -0.2) is 11.4 Å². The van der Waals surface area contributed by atoms with E-state index in [4.69, 9.17) is 0 Å². The highest BCUT2D eigenvalue weighted by atomic mass is 32.1. The summed E-state index contributed by atoms with van der Waals surface area (Å²) in [4.78, 5) is 2.85.